The molecule has 0 amide bonds. The van der Waals surface area contributed by atoms with Crippen LogP contribution in [0.3, 0.4) is 0 Å². The number of halogens is 1. The zero-order valence-corrected chi connectivity index (χ0v) is 9.75. The fraction of sp³-hybridized carbons (Fsp3) is 0.250. The van der Waals surface area contributed by atoms with E-state index in [9.17, 15) is 4.79 Å². The standard InChI is InChI=1S/C12H13BrO/c1-10(14)9-12-6-3-2-5-11(12)7-4-8-13/h2-7H,8-9H2,1H3. The summed E-state index contributed by atoms with van der Waals surface area (Å²) < 4.78 is 0. The number of carbonyl (C=O) groups excluding carboxylic acids is 1. The molecular formula is C12H13BrO. The van der Waals surface area contributed by atoms with Gasteiger partial charge in [0, 0.05) is 11.8 Å². The van der Waals surface area contributed by atoms with E-state index in [0.717, 1.165) is 16.5 Å². The monoisotopic (exact) mass is 252 g/mol. The molecule has 1 aromatic rings. The lowest BCUT2D eigenvalue weighted by Gasteiger charge is -2.02. The third-order valence-corrected chi connectivity index (χ3v) is 2.25. The second-order valence-electron chi connectivity index (χ2n) is 3.13. The Morgan fingerprint density at radius 1 is 1.43 bits per heavy atom. The van der Waals surface area contributed by atoms with E-state index in [4.69, 9.17) is 0 Å². The Bertz CT molecular complexity index is 342. The van der Waals surface area contributed by atoms with E-state index in [1.165, 1.54) is 0 Å². The molecule has 2 heteroatoms. The summed E-state index contributed by atoms with van der Waals surface area (Å²) in [4.78, 5) is 11.0. The Kier molecular flexibility index (Phi) is 4.60. The largest absolute Gasteiger partial charge is 0.300 e. The SMILES string of the molecule is CC(=O)Cc1ccccc1C=CCBr. The number of rotatable bonds is 4. The van der Waals surface area contributed by atoms with Gasteiger partial charge in [-0.25, -0.2) is 0 Å². The van der Waals surface area contributed by atoms with Crippen molar-refractivity contribution in [2.24, 2.45) is 0 Å². The van der Waals surface area contributed by atoms with E-state index in [2.05, 4.69) is 15.9 Å². The van der Waals surface area contributed by atoms with Crippen molar-refractivity contribution in [2.45, 2.75) is 13.3 Å². The summed E-state index contributed by atoms with van der Waals surface area (Å²) in [5.41, 5.74) is 2.22. The number of benzene rings is 1. The van der Waals surface area contributed by atoms with Gasteiger partial charge in [0.1, 0.15) is 5.78 Å². The number of allylic oxidation sites excluding steroid dienone is 1. The minimum absolute atomic E-state index is 0.199. The quantitative estimate of drug-likeness (QED) is 0.753. The molecule has 1 nitrogen and oxygen atoms in total. The molecule has 0 radical (unpaired) electrons. The molecule has 0 bridgehead atoms. The predicted octanol–water partition coefficient (Wildman–Crippen LogP) is 3.23. The molecule has 0 spiro atoms. The Morgan fingerprint density at radius 2 is 2.14 bits per heavy atom. The first-order valence-corrected chi connectivity index (χ1v) is 5.66. The van der Waals surface area contributed by atoms with Gasteiger partial charge in [-0.2, -0.15) is 0 Å². The van der Waals surface area contributed by atoms with Crippen molar-refractivity contribution in [3.8, 4) is 0 Å². The molecule has 0 aliphatic carbocycles. The van der Waals surface area contributed by atoms with Crippen LogP contribution in [0, 0.1) is 0 Å². The van der Waals surface area contributed by atoms with Crippen molar-refractivity contribution >= 4 is 27.8 Å². The molecule has 0 atom stereocenters. The van der Waals surface area contributed by atoms with Crippen LogP contribution < -0.4 is 0 Å². The molecule has 0 saturated heterocycles. The van der Waals surface area contributed by atoms with Gasteiger partial charge in [-0.3, -0.25) is 4.79 Å². The van der Waals surface area contributed by atoms with Gasteiger partial charge in [0.2, 0.25) is 0 Å². The van der Waals surface area contributed by atoms with E-state index >= 15 is 0 Å². The fourth-order valence-corrected chi connectivity index (χ4v) is 1.48. The fourth-order valence-electron chi connectivity index (χ4n) is 1.30. The van der Waals surface area contributed by atoms with Crippen LogP contribution in [0.4, 0.5) is 0 Å². The molecule has 14 heavy (non-hydrogen) atoms. The van der Waals surface area contributed by atoms with Gasteiger partial charge >= 0.3 is 0 Å². The number of Topliss-reactive ketones (excluding diaryl/α,β-unsaturated/α-hetero) is 1. The second kappa shape index (κ2) is 5.76. The van der Waals surface area contributed by atoms with Gasteiger partial charge in [-0.15, -0.1) is 0 Å². The molecule has 0 fully saturated rings. The summed E-state index contributed by atoms with van der Waals surface area (Å²) in [5.74, 6) is 0.199. The molecule has 1 aromatic carbocycles. The lowest BCUT2D eigenvalue weighted by molar-refractivity contribution is -0.116. The molecule has 74 valence electrons. The Labute approximate surface area is 93.0 Å². The molecule has 0 N–H and O–H groups in total. The third kappa shape index (κ3) is 3.46. The smallest absolute Gasteiger partial charge is 0.134 e. The van der Waals surface area contributed by atoms with E-state index < -0.39 is 0 Å². The highest BCUT2D eigenvalue weighted by Crippen LogP contribution is 2.12. The van der Waals surface area contributed by atoms with Crippen molar-refractivity contribution in [3.05, 3.63) is 41.5 Å². The van der Waals surface area contributed by atoms with Gasteiger partial charge in [0.05, 0.1) is 0 Å². The summed E-state index contributed by atoms with van der Waals surface area (Å²) in [6.45, 7) is 1.62. The number of ketones is 1. The summed E-state index contributed by atoms with van der Waals surface area (Å²) in [7, 11) is 0. The molecule has 0 aliphatic rings. The van der Waals surface area contributed by atoms with Crippen molar-refractivity contribution in [1.82, 2.24) is 0 Å². The van der Waals surface area contributed by atoms with Crippen LogP contribution in [0.1, 0.15) is 18.1 Å². The lowest BCUT2D eigenvalue weighted by atomic mass is 10.0. The third-order valence-electron chi connectivity index (χ3n) is 1.88. The van der Waals surface area contributed by atoms with Crippen molar-refractivity contribution in [1.29, 1.82) is 0 Å². The summed E-state index contributed by atoms with van der Waals surface area (Å²) in [6, 6.07) is 7.97. The number of hydrogen-bond donors (Lipinski definition) is 0. The predicted molar refractivity (Wildman–Crippen MR) is 63.7 cm³/mol. The van der Waals surface area contributed by atoms with Crippen LogP contribution in [0.15, 0.2) is 30.3 Å². The molecule has 0 aromatic heterocycles. The van der Waals surface area contributed by atoms with Gasteiger partial charge < -0.3 is 0 Å². The highest BCUT2D eigenvalue weighted by Gasteiger charge is 2.00. The summed E-state index contributed by atoms with van der Waals surface area (Å²) in [5, 5.41) is 0.835. The Morgan fingerprint density at radius 3 is 2.79 bits per heavy atom. The first-order chi connectivity index (χ1) is 6.74. The topological polar surface area (TPSA) is 17.1 Å². The van der Waals surface area contributed by atoms with Gasteiger partial charge in [0.15, 0.2) is 0 Å². The molecule has 0 heterocycles. The molecule has 0 aliphatic heterocycles. The van der Waals surface area contributed by atoms with Crippen LogP contribution in [-0.4, -0.2) is 11.1 Å². The van der Waals surface area contributed by atoms with Crippen LogP contribution in [0.25, 0.3) is 6.08 Å². The minimum atomic E-state index is 0.199. The average Bonchev–Trinajstić information content (AvgIpc) is 2.16. The first-order valence-electron chi connectivity index (χ1n) is 4.54. The maximum absolute atomic E-state index is 11.0. The van der Waals surface area contributed by atoms with Crippen molar-refractivity contribution < 1.29 is 4.79 Å². The molecule has 0 unspecified atom stereocenters. The average molecular weight is 253 g/mol. The second-order valence-corrected chi connectivity index (χ2v) is 3.78. The first kappa shape index (κ1) is 11.2. The zero-order chi connectivity index (χ0) is 10.4. The number of alkyl halides is 1. The Hall–Kier alpha value is -0.890. The van der Waals surface area contributed by atoms with Gasteiger partial charge in [0.25, 0.3) is 0 Å². The van der Waals surface area contributed by atoms with Crippen molar-refractivity contribution in [2.75, 3.05) is 5.33 Å². The van der Waals surface area contributed by atoms with E-state index in [-0.39, 0.29) is 5.78 Å². The minimum Gasteiger partial charge on any atom is -0.300 e. The Balaban J connectivity index is 2.90. The summed E-state index contributed by atoms with van der Waals surface area (Å²) in [6.07, 6.45) is 4.58. The number of carbonyl (C=O) groups is 1. The van der Waals surface area contributed by atoms with Gasteiger partial charge in [-0.1, -0.05) is 52.3 Å². The maximum atomic E-state index is 11.0. The van der Waals surface area contributed by atoms with Crippen molar-refractivity contribution in [3.63, 3.8) is 0 Å². The maximum Gasteiger partial charge on any atom is 0.134 e. The van der Waals surface area contributed by atoms with Crippen LogP contribution in [-0.2, 0) is 11.2 Å². The summed E-state index contributed by atoms with van der Waals surface area (Å²) >= 11 is 3.33. The zero-order valence-electron chi connectivity index (χ0n) is 8.16. The van der Waals surface area contributed by atoms with E-state index in [1.54, 1.807) is 6.92 Å². The van der Waals surface area contributed by atoms with E-state index in [1.807, 2.05) is 36.4 Å². The highest BCUT2D eigenvalue weighted by atomic mass is 79.9. The number of hydrogen-bond acceptors (Lipinski definition) is 1. The van der Waals surface area contributed by atoms with Crippen LogP contribution >= 0.6 is 15.9 Å². The van der Waals surface area contributed by atoms with Gasteiger partial charge in [-0.05, 0) is 18.1 Å². The van der Waals surface area contributed by atoms with Crippen LogP contribution in [0.2, 0.25) is 0 Å². The lowest BCUT2D eigenvalue weighted by Crippen LogP contribution is -1.98. The molecule has 0 saturated carbocycles. The van der Waals surface area contributed by atoms with E-state index in [0.29, 0.717) is 6.42 Å². The normalized spacial score (nSPS) is 10.7. The highest BCUT2D eigenvalue weighted by molar-refractivity contribution is 9.09. The molecule has 1 rings (SSSR count). The van der Waals surface area contributed by atoms with Crippen LogP contribution in [0.5, 0.6) is 0 Å². The molecular weight excluding hydrogens is 240 g/mol.